The van der Waals surface area contributed by atoms with Crippen molar-refractivity contribution in [2.75, 3.05) is 13.2 Å². The van der Waals surface area contributed by atoms with Gasteiger partial charge in [0.05, 0.1) is 19.3 Å². The molecule has 3 aliphatic heterocycles. The van der Waals surface area contributed by atoms with Crippen LogP contribution >= 0.6 is 0 Å². The van der Waals surface area contributed by atoms with Gasteiger partial charge in [-0.1, -0.05) is 13.8 Å². The van der Waals surface area contributed by atoms with Crippen LogP contribution in [0.25, 0.3) is 0 Å². The predicted octanol–water partition coefficient (Wildman–Crippen LogP) is 1.72. The number of aliphatic hydroxyl groups is 1. The van der Waals surface area contributed by atoms with Crippen molar-refractivity contribution in [1.82, 2.24) is 0 Å². The first-order valence-electron chi connectivity index (χ1n) is 9.72. The summed E-state index contributed by atoms with van der Waals surface area (Å²) in [5.41, 5.74) is 0. The average Bonchev–Trinajstić information content (AvgIpc) is 3.04. The van der Waals surface area contributed by atoms with E-state index in [4.69, 9.17) is 28.4 Å². The molecule has 156 valence electrons. The highest BCUT2D eigenvalue weighted by Gasteiger charge is 2.61. The molecule has 1 N–H and O–H groups in total. The van der Waals surface area contributed by atoms with Crippen molar-refractivity contribution in [3.8, 4) is 0 Å². The van der Waals surface area contributed by atoms with E-state index in [1.165, 1.54) is 0 Å². The van der Waals surface area contributed by atoms with E-state index in [9.17, 15) is 9.90 Å². The highest BCUT2D eigenvalue weighted by Crippen LogP contribution is 2.45. The molecule has 0 radical (unpaired) electrons. The van der Waals surface area contributed by atoms with Crippen LogP contribution in [0.4, 0.5) is 0 Å². The maximum absolute atomic E-state index is 12.4. The fraction of sp³-hybridized carbons (Fsp3) is 0.947. The summed E-state index contributed by atoms with van der Waals surface area (Å²) in [6, 6.07) is 0. The van der Waals surface area contributed by atoms with E-state index in [-0.39, 0.29) is 19.6 Å². The summed E-state index contributed by atoms with van der Waals surface area (Å²) in [5.74, 6) is -4.18. The Balaban J connectivity index is 1.86. The molecule has 3 heterocycles. The molecule has 0 aromatic heterocycles. The van der Waals surface area contributed by atoms with Crippen LogP contribution in [0.2, 0.25) is 0 Å². The summed E-state index contributed by atoms with van der Waals surface area (Å²) < 4.78 is 34.9. The molecule has 0 aliphatic carbocycles. The Hall–Kier alpha value is -0.770. The second kappa shape index (κ2) is 7.24. The van der Waals surface area contributed by atoms with E-state index in [1.54, 1.807) is 20.8 Å². The van der Waals surface area contributed by atoms with Crippen LogP contribution in [0, 0.1) is 5.92 Å². The Labute approximate surface area is 160 Å². The average molecular weight is 388 g/mol. The standard InChI is InChI=1S/C19H32O8/c1-7-22-16(20)19(21)9-12-14(26-18(6,25-12)8-11(2)3)15(27-19)13-10-23-17(4,5)24-13/h11-15,21H,7-10H2,1-6H3/t12?,13-,14-,15?,18+,19-/m1/s1. The first kappa shape index (κ1) is 21.0. The van der Waals surface area contributed by atoms with E-state index in [0.29, 0.717) is 12.3 Å². The molecule has 3 fully saturated rings. The molecule has 8 heteroatoms. The number of hydrogen-bond acceptors (Lipinski definition) is 8. The zero-order valence-electron chi connectivity index (χ0n) is 17.0. The third-order valence-electron chi connectivity index (χ3n) is 5.06. The van der Waals surface area contributed by atoms with Gasteiger partial charge >= 0.3 is 5.97 Å². The molecular formula is C19H32O8. The molecule has 3 aliphatic rings. The Morgan fingerprint density at radius 2 is 1.78 bits per heavy atom. The lowest BCUT2D eigenvalue weighted by atomic mass is 9.93. The van der Waals surface area contributed by atoms with Gasteiger partial charge in [-0.25, -0.2) is 4.79 Å². The molecule has 0 amide bonds. The van der Waals surface area contributed by atoms with Crippen molar-refractivity contribution in [3.63, 3.8) is 0 Å². The lowest BCUT2D eigenvalue weighted by Crippen LogP contribution is -2.61. The Kier molecular flexibility index (Phi) is 5.62. The molecule has 3 saturated heterocycles. The normalized spacial score (nSPS) is 43.7. The summed E-state index contributed by atoms with van der Waals surface area (Å²) in [7, 11) is 0. The largest absolute Gasteiger partial charge is 0.462 e. The van der Waals surface area contributed by atoms with Crippen LogP contribution in [-0.2, 0) is 33.2 Å². The SMILES string of the molecule is CCOC(=O)[C@@]1(O)CC2O[C@](C)(CC(C)C)O[C@H]2C([C@H]2COC(C)(C)O2)O1. The smallest absolute Gasteiger partial charge is 0.366 e. The van der Waals surface area contributed by atoms with E-state index in [0.717, 1.165) is 0 Å². The van der Waals surface area contributed by atoms with Gasteiger partial charge in [0.2, 0.25) is 0 Å². The van der Waals surface area contributed by atoms with Crippen molar-refractivity contribution in [3.05, 3.63) is 0 Å². The first-order valence-corrected chi connectivity index (χ1v) is 9.72. The van der Waals surface area contributed by atoms with Crippen molar-refractivity contribution < 1.29 is 38.3 Å². The zero-order valence-corrected chi connectivity index (χ0v) is 17.0. The first-order chi connectivity index (χ1) is 12.5. The number of ether oxygens (including phenoxy) is 6. The minimum Gasteiger partial charge on any atom is -0.462 e. The molecule has 0 aromatic carbocycles. The van der Waals surface area contributed by atoms with Gasteiger partial charge in [-0.3, -0.25) is 0 Å². The van der Waals surface area contributed by atoms with Crippen LogP contribution in [-0.4, -0.2) is 66.1 Å². The molecule has 3 rings (SSSR count). The van der Waals surface area contributed by atoms with Gasteiger partial charge in [-0.05, 0) is 33.6 Å². The quantitative estimate of drug-likeness (QED) is 0.712. The van der Waals surface area contributed by atoms with Crippen LogP contribution in [0.3, 0.4) is 0 Å². The Morgan fingerprint density at radius 1 is 1.11 bits per heavy atom. The maximum Gasteiger partial charge on any atom is 0.366 e. The third kappa shape index (κ3) is 4.31. The van der Waals surface area contributed by atoms with E-state index in [1.807, 2.05) is 6.92 Å². The highest BCUT2D eigenvalue weighted by atomic mass is 16.8. The second-order valence-corrected chi connectivity index (χ2v) is 8.63. The number of hydrogen-bond donors (Lipinski definition) is 1. The topological polar surface area (TPSA) is 92.7 Å². The number of rotatable bonds is 5. The van der Waals surface area contributed by atoms with E-state index >= 15 is 0 Å². The van der Waals surface area contributed by atoms with Gasteiger partial charge in [-0.15, -0.1) is 0 Å². The minimum atomic E-state index is -2.11. The van der Waals surface area contributed by atoms with Crippen molar-refractivity contribution in [2.24, 2.45) is 5.92 Å². The molecule has 0 bridgehead atoms. The third-order valence-corrected chi connectivity index (χ3v) is 5.06. The number of carbonyl (C=O) groups is 1. The lowest BCUT2D eigenvalue weighted by molar-refractivity contribution is -0.299. The van der Waals surface area contributed by atoms with Crippen molar-refractivity contribution >= 4 is 5.97 Å². The summed E-state index contributed by atoms with van der Waals surface area (Å²) >= 11 is 0. The number of fused-ring (bicyclic) bond motifs is 1. The summed E-state index contributed by atoms with van der Waals surface area (Å²) in [6.07, 6.45) is -1.61. The fourth-order valence-electron chi connectivity index (χ4n) is 4.21. The molecule has 8 nitrogen and oxygen atoms in total. The Bertz CT molecular complexity index is 564. The van der Waals surface area contributed by atoms with Gasteiger partial charge in [0, 0.05) is 12.8 Å². The minimum absolute atomic E-state index is 0.0579. The predicted molar refractivity (Wildman–Crippen MR) is 93.6 cm³/mol. The second-order valence-electron chi connectivity index (χ2n) is 8.63. The van der Waals surface area contributed by atoms with Crippen LogP contribution < -0.4 is 0 Å². The summed E-state index contributed by atoms with van der Waals surface area (Å²) in [6.45, 7) is 11.7. The van der Waals surface area contributed by atoms with E-state index in [2.05, 4.69) is 13.8 Å². The van der Waals surface area contributed by atoms with Crippen molar-refractivity contribution in [1.29, 1.82) is 0 Å². The number of carbonyl (C=O) groups excluding carboxylic acids is 1. The molecule has 0 saturated carbocycles. The monoisotopic (exact) mass is 388 g/mol. The Morgan fingerprint density at radius 3 is 2.33 bits per heavy atom. The zero-order chi connectivity index (χ0) is 20.0. The van der Waals surface area contributed by atoms with Gasteiger partial charge in [-0.2, -0.15) is 0 Å². The van der Waals surface area contributed by atoms with Gasteiger partial charge < -0.3 is 33.5 Å². The fourth-order valence-corrected chi connectivity index (χ4v) is 4.21. The van der Waals surface area contributed by atoms with Crippen LogP contribution in [0.15, 0.2) is 0 Å². The molecule has 27 heavy (non-hydrogen) atoms. The maximum atomic E-state index is 12.4. The molecular weight excluding hydrogens is 356 g/mol. The van der Waals surface area contributed by atoms with Gasteiger partial charge in [0.25, 0.3) is 5.79 Å². The van der Waals surface area contributed by atoms with Crippen molar-refractivity contribution in [2.45, 2.75) is 96.2 Å². The van der Waals surface area contributed by atoms with E-state index < -0.39 is 47.7 Å². The lowest BCUT2D eigenvalue weighted by Gasteiger charge is -2.42. The summed E-state index contributed by atoms with van der Waals surface area (Å²) in [5, 5.41) is 10.9. The molecule has 0 spiro atoms. The summed E-state index contributed by atoms with van der Waals surface area (Å²) in [4.78, 5) is 12.4. The highest BCUT2D eigenvalue weighted by molar-refractivity contribution is 5.77. The van der Waals surface area contributed by atoms with Crippen LogP contribution in [0.1, 0.15) is 54.4 Å². The molecule has 6 atom stereocenters. The van der Waals surface area contributed by atoms with Crippen LogP contribution in [0.5, 0.6) is 0 Å². The van der Waals surface area contributed by atoms with Gasteiger partial charge in [0.15, 0.2) is 11.6 Å². The number of esters is 1. The molecule has 0 aromatic rings. The molecule has 2 unspecified atom stereocenters. The van der Waals surface area contributed by atoms with Gasteiger partial charge in [0.1, 0.15) is 18.3 Å².